The summed E-state index contributed by atoms with van der Waals surface area (Å²) in [7, 11) is 5.20. The second kappa shape index (κ2) is 24.6. The van der Waals surface area contributed by atoms with Gasteiger partial charge in [0.25, 0.3) is 0 Å². The van der Waals surface area contributed by atoms with Gasteiger partial charge in [-0.3, -0.25) is 0 Å². The molecule has 0 saturated carbocycles. The van der Waals surface area contributed by atoms with E-state index in [0.29, 0.717) is 0 Å². The predicted octanol–water partition coefficient (Wildman–Crippen LogP) is 12.3. The molecule has 0 saturated heterocycles. The summed E-state index contributed by atoms with van der Waals surface area (Å²) in [5, 5.41) is 0. The maximum atomic E-state index is 2.60. The Morgan fingerprint density at radius 1 is 0.333 bits per heavy atom. The molecule has 0 nitrogen and oxygen atoms in total. The molecule has 0 radical (unpaired) electrons. The number of hydrogen-bond acceptors (Lipinski definition) is 2. The third-order valence-electron chi connectivity index (χ3n) is 7.52. The molecule has 0 aliphatic heterocycles. The molecule has 0 rings (SSSR count). The molecule has 0 aliphatic rings. The van der Waals surface area contributed by atoms with E-state index >= 15 is 0 Å². The Bertz CT molecular complexity index is 324. The van der Waals surface area contributed by atoms with Gasteiger partial charge in [0.2, 0.25) is 0 Å². The van der Waals surface area contributed by atoms with E-state index in [4.69, 9.17) is 0 Å². The van der Waals surface area contributed by atoms with Gasteiger partial charge in [-0.2, -0.15) is 0 Å². The van der Waals surface area contributed by atoms with E-state index in [1.807, 2.05) is 0 Å². The van der Waals surface area contributed by atoms with Crippen LogP contribution in [0, 0.1) is 0 Å². The fourth-order valence-corrected chi connectivity index (χ4v) is 52.0. The van der Waals surface area contributed by atoms with Crippen molar-refractivity contribution in [3.8, 4) is 0 Å². The van der Waals surface area contributed by atoms with Crippen LogP contribution in [0.1, 0.15) is 138 Å². The molecule has 0 bridgehead atoms. The summed E-state index contributed by atoms with van der Waals surface area (Å²) in [6.07, 6.45) is 22.1. The summed E-state index contributed by atoms with van der Waals surface area (Å²) in [6, 6.07) is 0. The first-order valence-electron chi connectivity index (χ1n) is 15.3. The first kappa shape index (κ1) is 35.3. The predicted molar refractivity (Wildman–Crippen MR) is 169 cm³/mol. The van der Waals surface area contributed by atoms with Crippen LogP contribution in [0.25, 0.3) is 0 Å². The van der Waals surface area contributed by atoms with Crippen LogP contribution >= 0.6 is 17.9 Å². The van der Waals surface area contributed by atoms with Crippen molar-refractivity contribution < 1.29 is 0 Å². The number of rotatable bonds is 26. The van der Waals surface area contributed by atoms with Crippen LogP contribution in [0.3, 0.4) is 0 Å². The Morgan fingerprint density at radius 2 is 0.576 bits per heavy atom. The van der Waals surface area contributed by atoms with Crippen molar-refractivity contribution >= 4 is 51.9 Å². The zero-order chi connectivity index (χ0) is 24.7. The van der Waals surface area contributed by atoms with E-state index in [9.17, 15) is 0 Å². The summed E-state index contributed by atoms with van der Waals surface area (Å²) < 4.78 is 10.1. The molecule has 0 aromatic rings. The minimum atomic E-state index is -1.94. The van der Waals surface area contributed by atoms with Crippen LogP contribution in [0.15, 0.2) is 0 Å². The molecule has 0 amide bonds. The second-order valence-corrected chi connectivity index (χ2v) is 50.8. The van der Waals surface area contributed by atoms with Crippen LogP contribution in [0.2, 0.25) is 26.6 Å². The van der Waals surface area contributed by atoms with E-state index in [-0.39, 0.29) is 0 Å². The van der Waals surface area contributed by atoms with Gasteiger partial charge in [-0.1, -0.05) is 0 Å². The van der Waals surface area contributed by atoms with E-state index in [2.05, 4.69) is 59.4 Å². The summed E-state index contributed by atoms with van der Waals surface area (Å²) in [5.74, 6) is 3.02. The molecule has 0 spiro atoms. The van der Waals surface area contributed by atoms with Crippen molar-refractivity contribution in [2.24, 2.45) is 0 Å². The quantitative estimate of drug-likeness (QED) is 0.0646. The third-order valence-corrected chi connectivity index (χ3v) is 53.6. The summed E-state index contributed by atoms with van der Waals surface area (Å²) in [6.45, 7) is 14.4. The molecule has 200 valence electrons. The molecular formula is C29H64S2Sn2. The standard InChI is InChI=1S/C5H12S2.6C4H9.2Sn/c6-4-2-1-3-5-7;6*1-3-4-2;;/h6-7H,1-5H2;6*1,3-4H2,2H3;;/q;;;;;;;2*+1/p-2. The second-order valence-electron chi connectivity index (χ2n) is 10.7. The van der Waals surface area contributed by atoms with Crippen molar-refractivity contribution in [3.63, 3.8) is 0 Å². The fourth-order valence-electron chi connectivity index (χ4n) is 5.13. The van der Waals surface area contributed by atoms with Gasteiger partial charge in [0.1, 0.15) is 0 Å². The summed E-state index contributed by atoms with van der Waals surface area (Å²) in [4.78, 5) is 0. The molecule has 33 heavy (non-hydrogen) atoms. The van der Waals surface area contributed by atoms with Gasteiger partial charge in [-0.15, -0.1) is 0 Å². The van der Waals surface area contributed by atoms with Gasteiger partial charge in [0.15, 0.2) is 0 Å². The summed E-state index contributed by atoms with van der Waals surface area (Å²) >= 11 is -3.88. The zero-order valence-electron chi connectivity index (χ0n) is 24.1. The van der Waals surface area contributed by atoms with E-state index in [1.54, 1.807) is 26.6 Å². The SMILES string of the molecule is CCC[CH2][Sn]([CH2]CCC)([CH2]CCC)[S]CCCCC[S][Sn]([CH2]CCC)([CH2]CCC)[CH2]CCC. The first-order chi connectivity index (χ1) is 16.1. The Balaban J connectivity index is 4.60. The van der Waals surface area contributed by atoms with Crippen LogP contribution in [-0.4, -0.2) is 45.5 Å². The van der Waals surface area contributed by atoms with E-state index < -0.39 is 34.0 Å². The van der Waals surface area contributed by atoms with Crippen molar-refractivity contribution in [2.45, 2.75) is 164 Å². The van der Waals surface area contributed by atoms with Gasteiger partial charge in [-0.25, -0.2) is 0 Å². The van der Waals surface area contributed by atoms with Gasteiger partial charge in [-0.05, 0) is 0 Å². The van der Waals surface area contributed by atoms with Gasteiger partial charge in [0.05, 0.1) is 0 Å². The molecule has 0 aliphatic carbocycles. The van der Waals surface area contributed by atoms with Crippen LogP contribution < -0.4 is 0 Å². The average molecular weight is 714 g/mol. The Morgan fingerprint density at radius 3 is 0.788 bits per heavy atom. The first-order valence-corrected chi connectivity index (χ1v) is 36.4. The van der Waals surface area contributed by atoms with Crippen LogP contribution in [0.5, 0.6) is 0 Å². The molecule has 0 N–H and O–H groups in total. The van der Waals surface area contributed by atoms with Crippen LogP contribution in [-0.2, 0) is 0 Å². The fraction of sp³-hybridized carbons (Fsp3) is 1.00. The van der Waals surface area contributed by atoms with Crippen LogP contribution in [0.4, 0.5) is 0 Å². The van der Waals surface area contributed by atoms with E-state index in [1.165, 1.54) is 108 Å². The molecular weight excluding hydrogens is 650 g/mol. The van der Waals surface area contributed by atoms with E-state index in [0.717, 1.165) is 0 Å². The topological polar surface area (TPSA) is 0 Å². The maximum absolute atomic E-state index is 2.60. The Labute approximate surface area is 225 Å². The van der Waals surface area contributed by atoms with Crippen molar-refractivity contribution in [2.75, 3.05) is 11.5 Å². The van der Waals surface area contributed by atoms with Crippen molar-refractivity contribution in [1.82, 2.24) is 0 Å². The summed E-state index contributed by atoms with van der Waals surface area (Å²) in [5.41, 5.74) is 0. The van der Waals surface area contributed by atoms with Crippen molar-refractivity contribution in [1.29, 1.82) is 0 Å². The number of unbranched alkanes of at least 4 members (excludes halogenated alkanes) is 8. The molecule has 4 heteroatoms. The van der Waals surface area contributed by atoms with Crippen molar-refractivity contribution in [3.05, 3.63) is 0 Å². The molecule has 0 aromatic carbocycles. The average Bonchev–Trinajstić information content (AvgIpc) is 2.84. The molecule has 0 unspecified atom stereocenters. The molecule has 0 atom stereocenters. The molecule has 0 fully saturated rings. The Kier molecular flexibility index (Phi) is 26.3. The normalized spacial score (nSPS) is 12.5. The zero-order valence-corrected chi connectivity index (χ0v) is 31.4. The monoisotopic (exact) mass is 716 g/mol. The van der Waals surface area contributed by atoms with Gasteiger partial charge >= 0.3 is 228 Å². The third kappa shape index (κ3) is 18.2. The number of hydrogen-bond donors (Lipinski definition) is 0. The minimum absolute atomic E-state index is 1.41. The van der Waals surface area contributed by atoms with Gasteiger partial charge < -0.3 is 0 Å². The Hall–Kier alpha value is 2.30. The molecule has 0 aromatic heterocycles. The molecule has 0 heterocycles. The van der Waals surface area contributed by atoms with Gasteiger partial charge in [0, 0.05) is 0 Å².